The minimum absolute atomic E-state index is 0.0810. The van der Waals surface area contributed by atoms with Gasteiger partial charge in [0.05, 0.1) is 13.7 Å². The number of rotatable bonds is 6. The molecule has 0 aromatic rings. The highest BCUT2D eigenvalue weighted by atomic mass is 16.6. The van der Waals surface area contributed by atoms with Crippen molar-refractivity contribution in [2.24, 2.45) is 0 Å². The van der Waals surface area contributed by atoms with E-state index < -0.39 is 18.0 Å². The molecule has 0 aliphatic heterocycles. The number of hydrogen-bond acceptors (Lipinski definition) is 6. The van der Waals surface area contributed by atoms with Crippen LogP contribution >= 0.6 is 0 Å². The summed E-state index contributed by atoms with van der Waals surface area (Å²) in [5.41, 5.74) is 0. The highest BCUT2D eigenvalue weighted by Crippen LogP contribution is 1.89. The normalized spacial score (nSPS) is 11.9. The van der Waals surface area contributed by atoms with Crippen LogP contribution in [0.15, 0.2) is 0 Å². The van der Waals surface area contributed by atoms with E-state index in [9.17, 15) is 9.59 Å². The van der Waals surface area contributed by atoms with Gasteiger partial charge in [-0.3, -0.25) is 4.79 Å². The van der Waals surface area contributed by atoms with E-state index in [-0.39, 0.29) is 19.8 Å². The first-order chi connectivity index (χ1) is 6.56. The maximum Gasteiger partial charge on any atom is 0.331 e. The molecule has 0 amide bonds. The van der Waals surface area contributed by atoms with Crippen LogP contribution in [-0.4, -0.2) is 50.1 Å². The first-order valence-corrected chi connectivity index (χ1v) is 4.02. The maximum absolute atomic E-state index is 10.5. The van der Waals surface area contributed by atoms with Crippen molar-refractivity contribution in [1.29, 1.82) is 0 Å². The predicted octanol–water partition coefficient (Wildman–Crippen LogP) is -0.900. The summed E-state index contributed by atoms with van der Waals surface area (Å²) in [6.45, 7) is 0.786. The Morgan fingerprint density at radius 2 is 2.00 bits per heavy atom. The molecule has 0 fully saturated rings. The Labute approximate surface area is 81.8 Å². The van der Waals surface area contributed by atoms with Crippen molar-refractivity contribution in [1.82, 2.24) is 0 Å². The molecule has 0 heterocycles. The molecule has 0 radical (unpaired) electrons. The lowest BCUT2D eigenvalue weighted by molar-refractivity contribution is -0.150. The summed E-state index contributed by atoms with van der Waals surface area (Å²) < 4.78 is 13.6. The molecule has 0 aromatic heterocycles. The summed E-state index contributed by atoms with van der Waals surface area (Å²) in [6, 6.07) is 0. The number of ether oxygens (including phenoxy) is 3. The van der Waals surface area contributed by atoms with E-state index >= 15 is 0 Å². The zero-order valence-electron chi connectivity index (χ0n) is 8.19. The molecule has 0 aromatic carbocycles. The van der Waals surface area contributed by atoms with Crippen molar-refractivity contribution in [2.75, 3.05) is 26.9 Å². The third-order valence-corrected chi connectivity index (χ3v) is 1.24. The van der Waals surface area contributed by atoms with E-state index in [1.807, 2.05) is 0 Å². The van der Waals surface area contributed by atoms with Crippen molar-refractivity contribution in [3.8, 4) is 0 Å². The number of carbonyl (C=O) groups is 2. The van der Waals surface area contributed by atoms with Gasteiger partial charge in [-0.05, 0) is 0 Å². The Hall–Kier alpha value is -1.14. The van der Waals surface area contributed by atoms with Crippen LogP contribution in [0, 0.1) is 0 Å². The van der Waals surface area contributed by atoms with Gasteiger partial charge in [0.1, 0.15) is 19.3 Å². The van der Waals surface area contributed by atoms with Crippen LogP contribution in [0.1, 0.15) is 6.92 Å². The lowest BCUT2D eigenvalue weighted by Gasteiger charge is -2.10. The number of aliphatic hydroxyl groups excluding tert-OH is 1. The van der Waals surface area contributed by atoms with Crippen molar-refractivity contribution in [3.05, 3.63) is 0 Å². The highest BCUT2D eigenvalue weighted by molar-refractivity contribution is 5.70. The summed E-state index contributed by atoms with van der Waals surface area (Å²) >= 11 is 0. The van der Waals surface area contributed by atoms with Gasteiger partial charge < -0.3 is 19.3 Å². The Morgan fingerprint density at radius 3 is 2.50 bits per heavy atom. The number of esters is 2. The van der Waals surface area contributed by atoms with Gasteiger partial charge in [0, 0.05) is 6.92 Å². The van der Waals surface area contributed by atoms with Crippen molar-refractivity contribution in [2.45, 2.75) is 13.0 Å². The Bertz CT molecular complexity index is 190. The summed E-state index contributed by atoms with van der Waals surface area (Å²) in [6.07, 6.45) is -0.927. The Kier molecular flexibility index (Phi) is 6.69. The van der Waals surface area contributed by atoms with Gasteiger partial charge in [-0.25, -0.2) is 4.79 Å². The first kappa shape index (κ1) is 12.9. The van der Waals surface area contributed by atoms with Crippen molar-refractivity contribution >= 4 is 11.9 Å². The number of carbonyl (C=O) groups excluding carboxylic acids is 2. The van der Waals surface area contributed by atoms with E-state index in [0.717, 1.165) is 0 Å². The topological polar surface area (TPSA) is 82.1 Å². The largest absolute Gasteiger partial charge is 0.467 e. The predicted molar refractivity (Wildman–Crippen MR) is 45.5 cm³/mol. The van der Waals surface area contributed by atoms with E-state index in [1.165, 1.54) is 14.0 Å². The van der Waals surface area contributed by atoms with E-state index in [4.69, 9.17) is 9.84 Å². The molecule has 1 unspecified atom stereocenters. The lowest BCUT2D eigenvalue weighted by atomic mass is 10.4. The lowest BCUT2D eigenvalue weighted by Crippen LogP contribution is -2.24. The molecule has 0 aliphatic carbocycles. The van der Waals surface area contributed by atoms with Crippen molar-refractivity contribution in [3.63, 3.8) is 0 Å². The fraction of sp³-hybridized carbons (Fsp3) is 0.750. The summed E-state index contributed by atoms with van der Waals surface area (Å²) in [5, 5.41) is 9.13. The van der Waals surface area contributed by atoms with Gasteiger partial charge >= 0.3 is 11.9 Å². The molecular weight excluding hydrogens is 192 g/mol. The number of hydrogen-bond donors (Lipinski definition) is 1. The molecule has 82 valence electrons. The molecular formula is C8H14O6. The maximum atomic E-state index is 10.5. The monoisotopic (exact) mass is 206 g/mol. The van der Waals surface area contributed by atoms with Crippen LogP contribution in [0.5, 0.6) is 0 Å². The molecule has 6 heteroatoms. The van der Waals surface area contributed by atoms with E-state index in [0.29, 0.717) is 0 Å². The molecule has 0 spiro atoms. The fourth-order valence-corrected chi connectivity index (χ4v) is 0.599. The molecule has 0 bridgehead atoms. The molecule has 6 nitrogen and oxygen atoms in total. The van der Waals surface area contributed by atoms with Crippen LogP contribution in [0.25, 0.3) is 0 Å². The van der Waals surface area contributed by atoms with Crippen LogP contribution in [0.2, 0.25) is 0 Å². The average molecular weight is 206 g/mol. The smallest absolute Gasteiger partial charge is 0.331 e. The molecule has 1 atom stereocenters. The minimum atomic E-state index is -0.927. The Balaban J connectivity index is 3.39. The molecule has 0 saturated heterocycles. The SMILES string of the molecule is COC(=O)COCC(O)COC(C)=O. The summed E-state index contributed by atoms with van der Waals surface area (Å²) in [7, 11) is 1.24. The van der Waals surface area contributed by atoms with Gasteiger partial charge in [-0.1, -0.05) is 0 Å². The Morgan fingerprint density at radius 1 is 1.36 bits per heavy atom. The molecule has 0 aliphatic rings. The van der Waals surface area contributed by atoms with Gasteiger partial charge in [0.15, 0.2) is 0 Å². The zero-order valence-corrected chi connectivity index (χ0v) is 8.19. The second kappa shape index (κ2) is 7.28. The minimum Gasteiger partial charge on any atom is -0.467 e. The fourth-order valence-electron chi connectivity index (χ4n) is 0.599. The quantitative estimate of drug-likeness (QED) is 0.567. The van der Waals surface area contributed by atoms with Crippen LogP contribution in [0.3, 0.4) is 0 Å². The number of aliphatic hydroxyl groups is 1. The standard InChI is InChI=1S/C8H14O6/c1-6(9)14-4-7(10)3-13-5-8(11)12-2/h7,10H,3-5H2,1-2H3. The highest BCUT2D eigenvalue weighted by Gasteiger charge is 2.08. The molecule has 1 N–H and O–H groups in total. The third-order valence-electron chi connectivity index (χ3n) is 1.24. The first-order valence-electron chi connectivity index (χ1n) is 4.02. The summed E-state index contributed by atoms with van der Waals surface area (Å²) in [4.78, 5) is 20.9. The summed E-state index contributed by atoms with van der Waals surface area (Å²) in [5.74, 6) is -0.998. The van der Waals surface area contributed by atoms with E-state index in [1.54, 1.807) is 0 Å². The van der Waals surface area contributed by atoms with Gasteiger partial charge in [-0.2, -0.15) is 0 Å². The molecule has 0 saturated carbocycles. The van der Waals surface area contributed by atoms with Crippen LogP contribution < -0.4 is 0 Å². The van der Waals surface area contributed by atoms with Crippen LogP contribution in [-0.2, 0) is 23.8 Å². The molecule has 14 heavy (non-hydrogen) atoms. The second-order valence-corrected chi connectivity index (χ2v) is 2.55. The number of methoxy groups -OCH3 is 1. The van der Waals surface area contributed by atoms with Gasteiger partial charge in [-0.15, -0.1) is 0 Å². The van der Waals surface area contributed by atoms with Crippen LogP contribution in [0.4, 0.5) is 0 Å². The zero-order chi connectivity index (χ0) is 11.0. The van der Waals surface area contributed by atoms with Gasteiger partial charge in [0.25, 0.3) is 0 Å². The van der Waals surface area contributed by atoms with Crippen molar-refractivity contribution < 1.29 is 28.9 Å². The third kappa shape index (κ3) is 7.51. The van der Waals surface area contributed by atoms with Gasteiger partial charge in [0.2, 0.25) is 0 Å². The molecule has 0 rings (SSSR count). The average Bonchev–Trinajstić information content (AvgIpc) is 2.14. The van der Waals surface area contributed by atoms with E-state index in [2.05, 4.69) is 9.47 Å². The second-order valence-electron chi connectivity index (χ2n) is 2.55.